The SMILES string of the molecule is O=C(Nc1ccc(O)cc1)c1ccc(N2C(=O)c3ccc([N+](=O)[O-])cc3C2=O)cc1. The summed E-state index contributed by atoms with van der Waals surface area (Å²) in [6.07, 6.45) is 0. The number of nitrogens with one attached hydrogen (secondary N) is 1. The molecule has 2 N–H and O–H groups in total. The van der Waals surface area contributed by atoms with Gasteiger partial charge in [0.15, 0.2) is 0 Å². The predicted molar refractivity (Wildman–Crippen MR) is 107 cm³/mol. The van der Waals surface area contributed by atoms with Gasteiger partial charge in [-0.2, -0.15) is 0 Å². The minimum absolute atomic E-state index is 0.0386. The molecule has 0 aliphatic carbocycles. The topological polar surface area (TPSA) is 130 Å². The normalized spacial score (nSPS) is 12.6. The summed E-state index contributed by atoms with van der Waals surface area (Å²) in [5, 5.41) is 22.9. The minimum Gasteiger partial charge on any atom is -0.508 e. The molecular formula is C21H13N3O6. The Hall–Kier alpha value is -4.53. The number of carbonyl (C=O) groups excluding carboxylic acids is 3. The predicted octanol–water partition coefficient (Wildman–Crippen LogP) is 3.35. The molecule has 148 valence electrons. The molecular weight excluding hydrogens is 390 g/mol. The summed E-state index contributed by atoms with van der Waals surface area (Å²) < 4.78 is 0. The van der Waals surface area contributed by atoms with Gasteiger partial charge in [0.05, 0.1) is 21.7 Å². The number of phenolic OH excluding ortho intramolecular Hbond substituents is 1. The largest absolute Gasteiger partial charge is 0.508 e. The van der Waals surface area contributed by atoms with E-state index in [4.69, 9.17) is 0 Å². The minimum atomic E-state index is -0.667. The third kappa shape index (κ3) is 3.24. The summed E-state index contributed by atoms with van der Waals surface area (Å²) in [6.45, 7) is 0. The number of imide groups is 1. The van der Waals surface area contributed by atoms with Crippen LogP contribution in [-0.4, -0.2) is 27.8 Å². The number of hydrogen-bond acceptors (Lipinski definition) is 6. The van der Waals surface area contributed by atoms with E-state index in [-0.39, 0.29) is 28.3 Å². The number of nitro groups is 1. The maximum atomic E-state index is 12.7. The highest BCUT2D eigenvalue weighted by Gasteiger charge is 2.37. The van der Waals surface area contributed by atoms with E-state index < -0.39 is 22.6 Å². The van der Waals surface area contributed by atoms with Gasteiger partial charge in [-0.1, -0.05) is 0 Å². The standard InChI is InChI=1S/C21H13N3O6/c25-16-8-3-13(4-9-16)22-19(26)12-1-5-14(6-2-12)23-20(27)17-10-7-15(24(29)30)11-18(17)21(23)28/h1-11,25H,(H,22,26). The number of benzene rings is 3. The van der Waals surface area contributed by atoms with Crippen LogP contribution in [-0.2, 0) is 0 Å². The Kier molecular flexibility index (Phi) is 4.47. The number of phenols is 1. The summed E-state index contributed by atoms with van der Waals surface area (Å²) >= 11 is 0. The summed E-state index contributed by atoms with van der Waals surface area (Å²) in [6, 6.07) is 15.3. The van der Waals surface area contributed by atoms with Gasteiger partial charge in [0.2, 0.25) is 0 Å². The van der Waals surface area contributed by atoms with Gasteiger partial charge >= 0.3 is 0 Å². The number of anilines is 2. The van der Waals surface area contributed by atoms with Crippen molar-refractivity contribution in [2.75, 3.05) is 10.2 Å². The van der Waals surface area contributed by atoms with Crippen LogP contribution < -0.4 is 10.2 Å². The van der Waals surface area contributed by atoms with Gasteiger partial charge in [0, 0.05) is 23.4 Å². The lowest BCUT2D eigenvalue weighted by molar-refractivity contribution is -0.384. The zero-order valence-corrected chi connectivity index (χ0v) is 15.2. The lowest BCUT2D eigenvalue weighted by atomic mass is 10.1. The number of amides is 3. The Balaban J connectivity index is 1.56. The van der Waals surface area contributed by atoms with Crippen LogP contribution >= 0.6 is 0 Å². The van der Waals surface area contributed by atoms with Crippen LogP contribution in [0.15, 0.2) is 66.7 Å². The van der Waals surface area contributed by atoms with Gasteiger partial charge in [-0.25, -0.2) is 4.90 Å². The molecule has 4 rings (SSSR count). The molecule has 0 aromatic heterocycles. The lowest BCUT2D eigenvalue weighted by Gasteiger charge is -2.14. The molecule has 0 unspecified atom stereocenters. The smallest absolute Gasteiger partial charge is 0.270 e. The summed E-state index contributed by atoms with van der Waals surface area (Å²) in [7, 11) is 0. The molecule has 30 heavy (non-hydrogen) atoms. The van der Waals surface area contributed by atoms with E-state index in [1.54, 1.807) is 12.1 Å². The van der Waals surface area contributed by atoms with Gasteiger partial charge in [-0.15, -0.1) is 0 Å². The van der Waals surface area contributed by atoms with Crippen LogP contribution in [0.25, 0.3) is 0 Å². The van der Waals surface area contributed by atoms with Crippen LogP contribution in [0.3, 0.4) is 0 Å². The second-order valence-electron chi connectivity index (χ2n) is 6.48. The van der Waals surface area contributed by atoms with Gasteiger partial charge < -0.3 is 10.4 Å². The first kappa shape index (κ1) is 18.8. The van der Waals surface area contributed by atoms with E-state index in [9.17, 15) is 29.6 Å². The molecule has 3 aromatic rings. The molecule has 0 spiro atoms. The molecule has 0 bridgehead atoms. The van der Waals surface area contributed by atoms with Crippen molar-refractivity contribution in [3.8, 4) is 5.75 Å². The van der Waals surface area contributed by atoms with Crippen LogP contribution in [0.5, 0.6) is 5.75 Å². The molecule has 1 heterocycles. The molecule has 0 saturated heterocycles. The first-order valence-electron chi connectivity index (χ1n) is 8.73. The number of non-ortho nitro benzene ring substituents is 1. The average molecular weight is 403 g/mol. The Morgan fingerprint density at radius 1 is 0.900 bits per heavy atom. The Labute approximate surface area is 169 Å². The lowest BCUT2D eigenvalue weighted by Crippen LogP contribution is -2.29. The Bertz CT molecular complexity index is 1200. The average Bonchev–Trinajstić information content (AvgIpc) is 2.99. The van der Waals surface area contributed by atoms with Gasteiger partial charge in [-0.3, -0.25) is 24.5 Å². The third-order valence-corrected chi connectivity index (χ3v) is 4.59. The number of aromatic hydroxyl groups is 1. The molecule has 0 radical (unpaired) electrons. The molecule has 0 fully saturated rings. The number of nitrogens with zero attached hydrogens (tertiary/aromatic N) is 2. The van der Waals surface area contributed by atoms with Crippen molar-refractivity contribution in [2.45, 2.75) is 0 Å². The highest BCUT2D eigenvalue weighted by atomic mass is 16.6. The number of fused-ring (bicyclic) bond motifs is 1. The van der Waals surface area contributed by atoms with Crippen molar-refractivity contribution in [3.05, 3.63) is 93.5 Å². The Morgan fingerprint density at radius 2 is 1.53 bits per heavy atom. The fraction of sp³-hybridized carbons (Fsp3) is 0. The monoisotopic (exact) mass is 403 g/mol. The fourth-order valence-corrected chi connectivity index (χ4v) is 3.09. The van der Waals surface area contributed by atoms with E-state index >= 15 is 0 Å². The zero-order valence-electron chi connectivity index (χ0n) is 15.2. The van der Waals surface area contributed by atoms with Crippen LogP contribution in [0.2, 0.25) is 0 Å². The van der Waals surface area contributed by atoms with Crippen molar-refractivity contribution in [2.24, 2.45) is 0 Å². The second kappa shape index (κ2) is 7.13. The maximum Gasteiger partial charge on any atom is 0.270 e. The molecule has 3 aromatic carbocycles. The van der Waals surface area contributed by atoms with Crippen LogP contribution in [0.1, 0.15) is 31.1 Å². The molecule has 1 aliphatic heterocycles. The third-order valence-electron chi connectivity index (χ3n) is 4.59. The van der Waals surface area contributed by atoms with Crippen LogP contribution in [0, 0.1) is 10.1 Å². The Morgan fingerprint density at radius 3 is 2.17 bits per heavy atom. The van der Waals surface area contributed by atoms with E-state index in [0.717, 1.165) is 11.0 Å². The number of carbonyl (C=O) groups is 3. The van der Waals surface area contributed by atoms with Gasteiger partial charge in [0.25, 0.3) is 23.4 Å². The van der Waals surface area contributed by atoms with Gasteiger partial charge in [0.1, 0.15) is 5.75 Å². The maximum absolute atomic E-state index is 12.7. The number of rotatable bonds is 4. The number of nitro benzene ring substituents is 1. The summed E-state index contributed by atoms with van der Waals surface area (Å²) in [5.41, 5.74) is 0.786. The first-order chi connectivity index (χ1) is 14.3. The van der Waals surface area contributed by atoms with Crippen molar-refractivity contribution in [1.29, 1.82) is 0 Å². The van der Waals surface area contributed by atoms with Crippen molar-refractivity contribution in [1.82, 2.24) is 0 Å². The summed E-state index contributed by atoms with van der Waals surface area (Å²) in [5.74, 6) is -1.60. The van der Waals surface area contributed by atoms with Crippen molar-refractivity contribution < 1.29 is 24.4 Å². The summed E-state index contributed by atoms with van der Waals surface area (Å²) in [4.78, 5) is 48.8. The first-order valence-corrected chi connectivity index (χ1v) is 8.73. The molecule has 9 nitrogen and oxygen atoms in total. The van der Waals surface area contributed by atoms with E-state index in [1.165, 1.54) is 48.5 Å². The van der Waals surface area contributed by atoms with E-state index in [1.807, 2.05) is 0 Å². The molecule has 0 atom stereocenters. The van der Waals surface area contributed by atoms with Crippen molar-refractivity contribution >= 4 is 34.8 Å². The molecule has 0 saturated carbocycles. The molecule has 1 aliphatic rings. The van der Waals surface area contributed by atoms with Crippen molar-refractivity contribution in [3.63, 3.8) is 0 Å². The quantitative estimate of drug-likeness (QED) is 0.297. The molecule has 3 amide bonds. The number of hydrogen-bond donors (Lipinski definition) is 2. The highest BCUT2D eigenvalue weighted by molar-refractivity contribution is 6.34. The van der Waals surface area contributed by atoms with E-state index in [0.29, 0.717) is 11.3 Å². The van der Waals surface area contributed by atoms with E-state index in [2.05, 4.69) is 5.32 Å². The van der Waals surface area contributed by atoms with Crippen LogP contribution in [0.4, 0.5) is 17.1 Å². The molecule has 9 heteroatoms. The second-order valence-corrected chi connectivity index (χ2v) is 6.48. The van der Waals surface area contributed by atoms with Gasteiger partial charge in [-0.05, 0) is 54.6 Å². The fourth-order valence-electron chi connectivity index (χ4n) is 3.09. The highest BCUT2D eigenvalue weighted by Crippen LogP contribution is 2.31. The zero-order chi connectivity index (χ0) is 21.4.